The Morgan fingerprint density at radius 2 is 1.61 bits per heavy atom. The van der Waals surface area contributed by atoms with Crippen molar-refractivity contribution in [3.05, 3.63) is 81.7 Å². The minimum absolute atomic E-state index is 0.103. The molecule has 1 aliphatic heterocycles. The fraction of sp³-hybridized carbons (Fsp3) is 0.296. The van der Waals surface area contributed by atoms with Crippen molar-refractivity contribution in [1.29, 1.82) is 0 Å². The summed E-state index contributed by atoms with van der Waals surface area (Å²) in [5.74, 6) is 1.02. The number of fused-ring (bicyclic) bond motifs is 3. The van der Waals surface area contributed by atoms with E-state index in [1.54, 1.807) is 7.11 Å². The van der Waals surface area contributed by atoms with E-state index in [4.69, 9.17) is 9.15 Å². The van der Waals surface area contributed by atoms with Crippen LogP contribution in [0.5, 0.6) is 11.5 Å². The molecule has 1 N–H and O–H groups in total. The first-order valence-corrected chi connectivity index (χ1v) is 11.2. The van der Waals surface area contributed by atoms with Crippen LogP contribution in [0.1, 0.15) is 22.7 Å². The molecule has 1 fully saturated rings. The van der Waals surface area contributed by atoms with E-state index in [1.165, 1.54) is 6.07 Å². The highest BCUT2D eigenvalue weighted by Crippen LogP contribution is 2.41. The molecule has 0 spiro atoms. The SMILES string of the molecule is COc1ccc(C(c2ccc3c(ccc4c(C)cc(=O)oc43)c2O)N2CCN(C)CC2)cc1. The van der Waals surface area contributed by atoms with E-state index in [0.29, 0.717) is 11.0 Å². The van der Waals surface area contributed by atoms with E-state index < -0.39 is 0 Å². The lowest BCUT2D eigenvalue weighted by Crippen LogP contribution is -2.46. The van der Waals surface area contributed by atoms with Crippen LogP contribution in [0.25, 0.3) is 21.7 Å². The van der Waals surface area contributed by atoms with Gasteiger partial charge >= 0.3 is 5.63 Å². The molecule has 1 aromatic heterocycles. The van der Waals surface area contributed by atoms with Crippen molar-refractivity contribution in [2.45, 2.75) is 13.0 Å². The smallest absolute Gasteiger partial charge is 0.336 e. The van der Waals surface area contributed by atoms with Crippen LogP contribution < -0.4 is 10.4 Å². The molecule has 0 aliphatic carbocycles. The second-order valence-electron chi connectivity index (χ2n) is 8.80. The average Bonchev–Trinajstić information content (AvgIpc) is 2.82. The maximum atomic E-state index is 12.0. The Morgan fingerprint density at radius 3 is 2.30 bits per heavy atom. The zero-order valence-corrected chi connectivity index (χ0v) is 19.2. The highest BCUT2D eigenvalue weighted by atomic mass is 16.5. The zero-order chi connectivity index (χ0) is 23.1. The fourth-order valence-electron chi connectivity index (χ4n) is 4.86. The van der Waals surface area contributed by atoms with Gasteiger partial charge in [0, 0.05) is 54.0 Å². The van der Waals surface area contributed by atoms with Gasteiger partial charge in [-0.15, -0.1) is 0 Å². The third kappa shape index (κ3) is 3.86. The molecule has 1 aliphatic rings. The molecule has 0 saturated carbocycles. The molecule has 2 heterocycles. The van der Waals surface area contributed by atoms with Crippen molar-refractivity contribution in [3.8, 4) is 11.5 Å². The number of likely N-dealkylation sites (N-methyl/N-ethyl adjacent to an activating group) is 1. The molecule has 1 saturated heterocycles. The van der Waals surface area contributed by atoms with Crippen LogP contribution in [0.2, 0.25) is 0 Å². The summed E-state index contributed by atoms with van der Waals surface area (Å²) < 4.78 is 10.9. The summed E-state index contributed by atoms with van der Waals surface area (Å²) in [5, 5.41) is 13.8. The van der Waals surface area contributed by atoms with E-state index in [-0.39, 0.29) is 17.4 Å². The average molecular weight is 445 g/mol. The van der Waals surface area contributed by atoms with Gasteiger partial charge in [-0.3, -0.25) is 4.90 Å². The largest absolute Gasteiger partial charge is 0.507 e. The molecule has 0 bridgehead atoms. The van der Waals surface area contributed by atoms with Crippen molar-refractivity contribution >= 4 is 21.7 Å². The predicted molar refractivity (Wildman–Crippen MR) is 130 cm³/mol. The van der Waals surface area contributed by atoms with Crippen molar-refractivity contribution in [1.82, 2.24) is 9.80 Å². The molecule has 33 heavy (non-hydrogen) atoms. The number of hydrogen-bond acceptors (Lipinski definition) is 6. The number of phenolic OH excluding ortho intramolecular Hbond substituents is 1. The minimum Gasteiger partial charge on any atom is -0.507 e. The van der Waals surface area contributed by atoms with Crippen LogP contribution in [-0.2, 0) is 0 Å². The number of aryl methyl sites for hydroxylation is 1. The lowest BCUT2D eigenvalue weighted by molar-refractivity contribution is 0.126. The maximum absolute atomic E-state index is 12.0. The number of phenols is 1. The van der Waals surface area contributed by atoms with Gasteiger partial charge in [0.15, 0.2) is 0 Å². The highest BCUT2D eigenvalue weighted by Gasteiger charge is 2.28. The molecule has 6 heteroatoms. The second-order valence-corrected chi connectivity index (χ2v) is 8.80. The minimum atomic E-state index is -0.385. The monoisotopic (exact) mass is 444 g/mol. The van der Waals surface area contributed by atoms with Gasteiger partial charge in [0.05, 0.1) is 13.2 Å². The van der Waals surface area contributed by atoms with Gasteiger partial charge in [-0.25, -0.2) is 4.79 Å². The van der Waals surface area contributed by atoms with Crippen LogP contribution >= 0.6 is 0 Å². The Morgan fingerprint density at radius 1 is 0.939 bits per heavy atom. The molecule has 4 aromatic rings. The van der Waals surface area contributed by atoms with Gasteiger partial charge in [0.2, 0.25) is 0 Å². The van der Waals surface area contributed by atoms with E-state index in [0.717, 1.165) is 59.4 Å². The quantitative estimate of drug-likeness (QED) is 0.374. The zero-order valence-electron chi connectivity index (χ0n) is 19.2. The van der Waals surface area contributed by atoms with E-state index in [2.05, 4.69) is 29.0 Å². The number of ether oxygens (including phenoxy) is 1. The Bertz CT molecular complexity index is 1370. The third-order valence-corrected chi connectivity index (χ3v) is 6.75. The van der Waals surface area contributed by atoms with Crippen molar-refractivity contribution in [2.24, 2.45) is 0 Å². The summed E-state index contributed by atoms with van der Waals surface area (Å²) in [6, 6.07) is 17.2. The molecule has 1 unspecified atom stereocenters. The fourth-order valence-corrected chi connectivity index (χ4v) is 4.86. The van der Waals surface area contributed by atoms with Crippen LogP contribution in [0.4, 0.5) is 0 Å². The van der Waals surface area contributed by atoms with Crippen molar-refractivity contribution < 1.29 is 14.3 Å². The number of aromatic hydroxyl groups is 1. The predicted octanol–water partition coefficient (Wildman–Crippen LogP) is 4.31. The van der Waals surface area contributed by atoms with Crippen LogP contribution in [0, 0.1) is 6.92 Å². The Labute approximate surface area is 192 Å². The molecule has 0 amide bonds. The summed E-state index contributed by atoms with van der Waals surface area (Å²) in [5.41, 5.74) is 2.93. The van der Waals surface area contributed by atoms with Gasteiger partial charge in [-0.1, -0.05) is 24.3 Å². The highest BCUT2D eigenvalue weighted by molar-refractivity contribution is 6.07. The number of rotatable bonds is 4. The Balaban J connectivity index is 1.68. The van der Waals surface area contributed by atoms with E-state index in [9.17, 15) is 9.90 Å². The number of methoxy groups -OCH3 is 1. The van der Waals surface area contributed by atoms with Gasteiger partial charge in [0.1, 0.15) is 17.1 Å². The summed E-state index contributed by atoms with van der Waals surface area (Å²) in [6.07, 6.45) is 0. The van der Waals surface area contributed by atoms with E-state index >= 15 is 0 Å². The van der Waals surface area contributed by atoms with Gasteiger partial charge in [-0.05, 0) is 49.4 Å². The van der Waals surface area contributed by atoms with E-state index in [1.807, 2.05) is 43.3 Å². The molecule has 170 valence electrons. The first kappa shape index (κ1) is 21.5. The molecule has 3 aromatic carbocycles. The number of nitrogens with zero attached hydrogens (tertiary/aromatic N) is 2. The summed E-state index contributed by atoms with van der Waals surface area (Å²) in [7, 11) is 3.79. The molecule has 6 nitrogen and oxygen atoms in total. The van der Waals surface area contributed by atoms with Crippen LogP contribution in [0.3, 0.4) is 0 Å². The maximum Gasteiger partial charge on any atom is 0.336 e. The molecule has 0 radical (unpaired) electrons. The number of hydrogen-bond donors (Lipinski definition) is 1. The molecular weight excluding hydrogens is 416 g/mol. The second kappa shape index (κ2) is 8.54. The summed E-state index contributed by atoms with van der Waals surface area (Å²) >= 11 is 0. The molecule has 5 rings (SSSR count). The first-order valence-electron chi connectivity index (χ1n) is 11.2. The molecule has 1 atom stereocenters. The topological polar surface area (TPSA) is 66.2 Å². The van der Waals surface area contributed by atoms with Gasteiger partial charge in [0.25, 0.3) is 0 Å². The Kier molecular flexibility index (Phi) is 5.56. The number of piperazine rings is 1. The molecular formula is C27H28N2O4. The van der Waals surface area contributed by atoms with Gasteiger partial charge < -0.3 is 19.2 Å². The lowest BCUT2D eigenvalue weighted by atomic mass is 9.92. The van der Waals surface area contributed by atoms with Crippen LogP contribution in [0.15, 0.2) is 63.8 Å². The lowest BCUT2D eigenvalue weighted by Gasteiger charge is -2.38. The van der Waals surface area contributed by atoms with Crippen LogP contribution in [-0.4, -0.2) is 55.2 Å². The third-order valence-electron chi connectivity index (χ3n) is 6.75. The standard InChI is InChI=1S/C27H28N2O4/c1-17-16-24(30)33-27-20(17)8-9-21-22(27)10-11-23(26(21)31)25(29-14-12-28(2)13-15-29)18-4-6-19(32-3)7-5-18/h4-11,16,25,31H,12-15H2,1-3H3. The van der Waals surface area contributed by atoms with Crippen molar-refractivity contribution in [2.75, 3.05) is 40.3 Å². The van der Waals surface area contributed by atoms with Crippen molar-refractivity contribution in [3.63, 3.8) is 0 Å². The van der Waals surface area contributed by atoms with Gasteiger partial charge in [-0.2, -0.15) is 0 Å². The number of benzene rings is 3. The normalized spacial score (nSPS) is 16.3. The summed E-state index contributed by atoms with van der Waals surface area (Å²) in [4.78, 5) is 16.8. The Hall–Kier alpha value is -3.35. The first-order chi connectivity index (χ1) is 16.0. The summed E-state index contributed by atoms with van der Waals surface area (Å²) in [6.45, 7) is 5.63.